The Kier molecular flexibility index (Phi) is 5.90. The molecule has 0 spiro atoms. The number of carbonyl (C=O) groups excluding carboxylic acids is 1. The molecule has 4 heteroatoms. The van der Waals surface area contributed by atoms with Crippen LogP contribution >= 0.6 is 11.6 Å². The Labute approximate surface area is 154 Å². The van der Waals surface area contributed by atoms with Gasteiger partial charge < -0.3 is 4.90 Å². The number of halogens is 1. The van der Waals surface area contributed by atoms with Crippen LogP contribution in [0.3, 0.4) is 0 Å². The van der Waals surface area contributed by atoms with Gasteiger partial charge in [0.15, 0.2) is 0 Å². The van der Waals surface area contributed by atoms with E-state index in [2.05, 4.69) is 36.1 Å². The van der Waals surface area contributed by atoms with Crippen molar-refractivity contribution in [2.24, 2.45) is 0 Å². The summed E-state index contributed by atoms with van der Waals surface area (Å²) in [5.74, 6) is 0.0514. The number of piperazine rings is 1. The molecular formula is C21H23ClN2O. The second-order valence-corrected chi connectivity index (χ2v) is 6.79. The number of hydrogen-bond donors (Lipinski definition) is 0. The molecule has 1 heterocycles. The molecule has 1 aliphatic heterocycles. The van der Waals surface area contributed by atoms with Crippen molar-refractivity contribution in [1.29, 1.82) is 0 Å². The first-order valence-corrected chi connectivity index (χ1v) is 8.99. The Hall–Kier alpha value is -2.10. The van der Waals surface area contributed by atoms with Crippen LogP contribution in [-0.2, 0) is 11.3 Å². The fourth-order valence-corrected chi connectivity index (χ4v) is 3.23. The van der Waals surface area contributed by atoms with Crippen molar-refractivity contribution >= 4 is 23.6 Å². The fraction of sp³-hybridized carbons (Fsp3) is 0.286. The SMILES string of the molecule is Cc1ccccc1CN1CCN(C(=O)/C=C/c2ccccc2Cl)CC1. The summed E-state index contributed by atoms with van der Waals surface area (Å²) >= 11 is 6.12. The van der Waals surface area contributed by atoms with Crippen LogP contribution in [0.5, 0.6) is 0 Å². The standard InChI is InChI=1S/C21H23ClN2O/c1-17-6-2-3-8-19(17)16-23-12-14-24(15-13-23)21(25)11-10-18-7-4-5-9-20(18)22/h2-11H,12-16H2,1H3/b11-10+. The van der Waals surface area contributed by atoms with Gasteiger partial charge in [0.25, 0.3) is 0 Å². The van der Waals surface area contributed by atoms with Crippen molar-refractivity contribution in [2.45, 2.75) is 13.5 Å². The molecule has 1 aliphatic rings. The third kappa shape index (κ3) is 4.71. The Morgan fingerprint density at radius 2 is 1.72 bits per heavy atom. The van der Waals surface area contributed by atoms with Crippen LogP contribution in [-0.4, -0.2) is 41.9 Å². The highest BCUT2D eigenvalue weighted by atomic mass is 35.5. The molecule has 2 aromatic carbocycles. The average molecular weight is 355 g/mol. The Morgan fingerprint density at radius 3 is 2.44 bits per heavy atom. The third-order valence-corrected chi connectivity index (χ3v) is 4.99. The van der Waals surface area contributed by atoms with E-state index in [4.69, 9.17) is 11.6 Å². The van der Waals surface area contributed by atoms with Gasteiger partial charge >= 0.3 is 0 Å². The van der Waals surface area contributed by atoms with Gasteiger partial charge in [0.1, 0.15) is 0 Å². The van der Waals surface area contributed by atoms with Crippen LogP contribution in [0.25, 0.3) is 6.08 Å². The molecule has 0 aromatic heterocycles. The van der Waals surface area contributed by atoms with Gasteiger partial charge in [-0.3, -0.25) is 9.69 Å². The molecule has 3 nitrogen and oxygen atoms in total. The van der Waals surface area contributed by atoms with Gasteiger partial charge in [-0.2, -0.15) is 0 Å². The molecular weight excluding hydrogens is 332 g/mol. The normalized spacial score (nSPS) is 15.7. The zero-order valence-electron chi connectivity index (χ0n) is 14.5. The topological polar surface area (TPSA) is 23.6 Å². The first-order valence-electron chi connectivity index (χ1n) is 8.62. The number of hydrogen-bond acceptors (Lipinski definition) is 2. The van der Waals surface area contributed by atoms with Crippen molar-refractivity contribution in [3.05, 3.63) is 76.3 Å². The van der Waals surface area contributed by atoms with Crippen LogP contribution in [0, 0.1) is 6.92 Å². The lowest BCUT2D eigenvalue weighted by molar-refractivity contribution is -0.127. The predicted octanol–water partition coefficient (Wildman–Crippen LogP) is 4.01. The zero-order valence-corrected chi connectivity index (χ0v) is 15.2. The van der Waals surface area contributed by atoms with E-state index in [-0.39, 0.29) is 5.91 Å². The van der Waals surface area contributed by atoms with Gasteiger partial charge in [-0.05, 0) is 35.8 Å². The zero-order chi connectivity index (χ0) is 17.6. The number of amides is 1. The average Bonchev–Trinajstić information content (AvgIpc) is 2.63. The number of aryl methyl sites for hydroxylation is 1. The summed E-state index contributed by atoms with van der Waals surface area (Å²) in [6.07, 6.45) is 3.42. The first-order chi connectivity index (χ1) is 12.1. The smallest absolute Gasteiger partial charge is 0.246 e. The molecule has 2 aromatic rings. The summed E-state index contributed by atoms with van der Waals surface area (Å²) in [7, 11) is 0. The van der Waals surface area contributed by atoms with Crippen LogP contribution in [0.2, 0.25) is 5.02 Å². The monoisotopic (exact) mass is 354 g/mol. The molecule has 1 amide bonds. The largest absolute Gasteiger partial charge is 0.337 e. The summed E-state index contributed by atoms with van der Waals surface area (Å²) in [6.45, 7) is 6.42. The maximum Gasteiger partial charge on any atom is 0.246 e. The van der Waals surface area contributed by atoms with Crippen LogP contribution in [0.4, 0.5) is 0 Å². The van der Waals surface area contributed by atoms with E-state index < -0.39 is 0 Å². The lowest BCUT2D eigenvalue weighted by atomic mass is 10.1. The number of rotatable bonds is 4. The van der Waals surface area contributed by atoms with E-state index in [1.807, 2.05) is 29.2 Å². The summed E-state index contributed by atoms with van der Waals surface area (Å²) in [4.78, 5) is 16.7. The van der Waals surface area contributed by atoms with Crippen LogP contribution in [0.15, 0.2) is 54.6 Å². The first kappa shape index (κ1) is 17.7. The van der Waals surface area contributed by atoms with Crippen molar-refractivity contribution in [3.63, 3.8) is 0 Å². The molecule has 0 atom stereocenters. The van der Waals surface area contributed by atoms with Crippen LogP contribution in [0.1, 0.15) is 16.7 Å². The molecule has 130 valence electrons. The minimum absolute atomic E-state index is 0.0514. The molecule has 0 radical (unpaired) electrons. The van der Waals surface area contributed by atoms with Crippen LogP contribution < -0.4 is 0 Å². The Bertz CT molecular complexity index is 764. The number of carbonyl (C=O) groups is 1. The summed E-state index contributed by atoms with van der Waals surface area (Å²) < 4.78 is 0. The highest BCUT2D eigenvalue weighted by Gasteiger charge is 2.19. The lowest BCUT2D eigenvalue weighted by Gasteiger charge is -2.34. The molecule has 0 bridgehead atoms. The van der Waals surface area contributed by atoms with Gasteiger partial charge in [0.2, 0.25) is 5.91 Å². The Balaban J connectivity index is 1.53. The molecule has 0 N–H and O–H groups in total. The number of nitrogens with zero attached hydrogens (tertiary/aromatic N) is 2. The summed E-state index contributed by atoms with van der Waals surface area (Å²) in [5.41, 5.74) is 3.56. The Morgan fingerprint density at radius 1 is 1.04 bits per heavy atom. The maximum absolute atomic E-state index is 12.4. The van der Waals surface area contributed by atoms with Crippen molar-refractivity contribution in [3.8, 4) is 0 Å². The van der Waals surface area contributed by atoms with Gasteiger partial charge in [0.05, 0.1) is 0 Å². The van der Waals surface area contributed by atoms with Gasteiger partial charge in [-0.1, -0.05) is 54.1 Å². The van der Waals surface area contributed by atoms with Crippen molar-refractivity contribution in [1.82, 2.24) is 9.80 Å². The highest BCUT2D eigenvalue weighted by molar-refractivity contribution is 6.32. The van der Waals surface area contributed by atoms with E-state index in [1.54, 1.807) is 12.2 Å². The van der Waals surface area contributed by atoms with Gasteiger partial charge in [-0.15, -0.1) is 0 Å². The summed E-state index contributed by atoms with van der Waals surface area (Å²) in [6, 6.07) is 16.0. The van der Waals surface area contributed by atoms with Gasteiger partial charge in [0, 0.05) is 43.8 Å². The second-order valence-electron chi connectivity index (χ2n) is 6.38. The van der Waals surface area contributed by atoms with Crippen molar-refractivity contribution in [2.75, 3.05) is 26.2 Å². The third-order valence-electron chi connectivity index (χ3n) is 4.65. The molecule has 3 rings (SSSR count). The van der Waals surface area contributed by atoms with Crippen molar-refractivity contribution < 1.29 is 4.79 Å². The van der Waals surface area contributed by atoms with Gasteiger partial charge in [-0.25, -0.2) is 0 Å². The lowest BCUT2D eigenvalue weighted by Crippen LogP contribution is -2.47. The minimum atomic E-state index is 0.0514. The quantitative estimate of drug-likeness (QED) is 0.775. The molecule has 0 unspecified atom stereocenters. The predicted molar refractivity (Wildman–Crippen MR) is 104 cm³/mol. The van der Waals surface area contributed by atoms with E-state index in [9.17, 15) is 4.79 Å². The minimum Gasteiger partial charge on any atom is -0.337 e. The molecule has 1 fully saturated rings. The highest BCUT2D eigenvalue weighted by Crippen LogP contribution is 2.17. The molecule has 25 heavy (non-hydrogen) atoms. The van der Waals surface area contributed by atoms with E-state index in [1.165, 1.54) is 11.1 Å². The molecule has 0 saturated carbocycles. The summed E-state index contributed by atoms with van der Waals surface area (Å²) in [5, 5.41) is 0.662. The van der Waals surface area contributed by atoms with E-state index >= 15 is 0 Å². The maximum atomic E-state index is 12.4. The fourth-order valence-electron chi connectivity index (χ4n) is 3.03. The molecule has 0 aliphatic carbocycles. The van der Waals surface area contributed by atoms with E-state index in [0.29, 0.717) is 5.02 Å². The van der Waals surface area contributed by atoms with E-state index in [0.717, 1.165) is 38.3 Å². The number of benzene rings is 2. The second kappa shape index (κ2) is 8.32. The molecule has 1 saturated heterocycles.